The number of likely N-dealkylation sites (N-methyl/N-ethyl adjacent to an activating group) is 2. The fraction of sp³-hybridized carbons (Fsp3) is 0.714. The second-order valence-corrected chi connectivity index (χ2v) is 13.1. The van der Waals surface area contributed by atoms with Gasteiger partial charge in [-0.1, -0.05) is 35.4 Å². The van der Waals surface area contributed by atoms with Gasteiger partial charge in [0.15, 0.2) is 0 Å². The molecule has 0 saturated heterocycles. The van der Waals surface area contributed by atoms with Gasteiger partial charge in [0.1, 0.15) is 36.3 Å². The molecule has 0 aromatic rings. The molecule has 0 aliphatic rings. The normalized spacial score (nSPS) is 14.7. The second-order valence-electron chi connectivity index (χ2n) is 10.6. The predicted molar refractivity (Wildman–Crippen MR) is 177 cm³/mol. The van der Waals surface area contributed by atoms with Crippen LogP contribution in [0.3, 0.4) is 0 Å². The van der Waals surface area contributed by atoms with E-state index < -0.39 is 83.8 Å². The quantitative estimate of drug-likeness (QED) is 0.0420. The van der Waals surface area contributed by atoms with Gasteiger partial charge in [-0.25, -0.2) is 4.79 Å². The average molecular weight is 725 g/mol. The fourth-order valence-electron chi connectivity index (χ4n) is 4.66. The van der Waals surface area contributed by atoms with Gasteiger partial charge in [-0.2, -0.15) is 0 Å². The molecule has 0 rings (SSSR count). The maximum atomic E-state index is 14.3. The number of amides is 4. The Labute approximate surface area is 286 Å². The van der Waals surface area contributed by atoms with Crippen molar-refractivity contribution in [1.82, 2.24) is 20.4 Å². The van der Waals surface area contributed by atoms with Crippen molar-refractivity contribution in [2.45, 2.75) is 95.9 Å². The lowest BCUT2D eigenvalue weighted by Crippen LogP contribution is -2.64. The molecule has 10 N–H and O–H groups in total. The molecular weight excluding hydrogens is 676 g/mol. The number of nitrogens with two attached hydrogens (primary N) is 2. The summed E-state index contributed by atoms with van der Waals surface area (Å²) < 4.78 is 0. The molecule has 4 amide bonds. The first kappa shape index (κ1) is 44.4. The summed E-state index contributed by atoms with van der Waals surface area (Å²) in [5, 5.41) is 41.5. The molecule has 0 heterocycles. The number of hydrogen-bond acceptors (Lipinski definition) is 12. The van der Waals surface area contributed by atoms with Crippen LogP contribution in [0.5, 0.6) is 0 Å². The van der Waals surface area contributed by atoms with E-state index in [1.165, 1.54) is 9.80 Å². The fourth-order valence-corrected chi connectivity index (χ4v) is 7.42. The lowest BCUT2D eigenvalue weighted by molar-refractivity contribution is -0.160. The monoisotopic (exact) mass is 724 g/mol. The Kier molecular flexibility index (Phi) is 20.4. The van der Waals surface area contributed by atoms with E-state index in [2.05, 4.69) is 10.6 Å². The van der Waals surface area contributed by atoms with Crippen LogP contribution in [0, 0.1) is 0 Å². The molecule has 0 spiro atoms. The number of rotatable bonds is 25. The predicted octanol–water partition coefficient (Wildman–Crippen LogP) is -0.853. The molecule has 0 saturated carbocycles. The topological polar surface area (TPSA) is 300 Å². The zero-order valence-electron chi connectivity index (χ0n) is 27.5. The Morgan fingerprint density at radius 3 is 1.79 bits per heavy atom. The minimum Gasteiger partial charge on any atom is -0.480 e. The third-order valence-corrected chi connectivity index (χ3v) is 9.93. The van der Waals surface area contributed by atoms with Gasteiger partial charge in [-0.3, -0.25) is 33.6 Å². The summed E-state index contributed by atoms with van der Waals surface area (Å²) in [6.45, 7) is 5.72. The van der Waals surface area contributed by atoms with Crippen molar-refractivity contribution >= 4 is 69.1 Å². The Hall–Kier alpha value is -3.62. The molecular formula is C28H48N6O12S2. The first-order chi connectivity index (χ1) is 22.4. The number of carbonyl (C=O) groups is 8. The number of hydrogen-bond donors (Lipinski definition) is 8. The lowest BCUT2D eigenvalue weighted by atomic mass is 9.91. The molecule has 5 atom stereocenters. The van der Waals surface area contributed by atoms with Crippen LogP contribution in [0.2, 0.25) is 0 Å². The molecule has 1 unspecified atom stereocenters. The van der Waals surface area contributed by atoms with Gasteiger partial charge in [0.25, 0.3) is 0 Å². The van der Waals surface area contributed by atoms with Crippen LogP contribution >= 0.6 is 21.6 Å². The van der Waals surface area contributed by atoms with E-state index in [4.69, 9.17) is 26.8 Å². The van der Waals surface area contributed by atoms with Gasteiger partial charge in [0, 0.05) is 37.4 Å². The van der Waals surface area contributed by atoms with Gasteiger partial charge < -0.3 is 52.3 Å². The molecule has 0 aliphatic heterocycles. The number of carboxylic acids is 4. The van der Waals surface area contributed by atoms with Gasteiger partial charge >= 0.3 is 23.9 Å². The van der Waals surface area contributed by atoms with Crippen molar-refractivity contribution in [3.63, 3.8) is 0 Å². The highest BCUT2D eigenvalue weighted by Crippen LogP contribution is 2.35. The molecule has 48 heavy (non-hydrogen) atoms. The Balaban J connectivity index is 6.33. The van der Waals surface area contributed by atoms with Gasteiger partial charge in [0.2, 0.25) is 23.6 Å². The van der Waals surface area contributed by atoms with Crippen LogP contribution in [0.4, 0.5) is 0 Å². The maximum Gasteiger partial charge on any atom is 0.326 e. The van der Waals surface area contributed by atoms with Crippen LogP contribution in [0.1, 0.15) is 66.2 Å². The van der Waals surface area contributed by atoms with Crippen molar-refractivity contribution in [3.8, 4) is 0 Å². The Bertz CT molecular complexity index is 1160. The summed E-state index contributed by atoms with van der Waals surface area (Å²) in [6.07, 6.45) is -0.979. The van der Waals surface area contributed by atoms with Gasteiger partial charge in [-0.15, -0.1) is 0 Å². The molecule has 0 aromatic heterocycles. The smallest absolute Gasteiger partial charge is 0.326 e. The van der Waals surface area contributed by atoms with E-state index in [0.717, 1.165) is 21.6 Å². The Morgan fingerprint density at radius 2 is 1.35 bits per heavy atom. The zero-order chi connectivity index (χ0) is 37.2. The van der Waals surface area contributed by atoms with Gasteiger partial charge in [0.05, 0.1) is 0 Å². The van der Waals surface area contributed by atoms with E-state index in [1.807, 2.05) is 0 Å². The van der Waals surface area contributed by atoms with E-state index in [9.17, 15) is 43.5 Å². The van der Waals surface area contributed by atoms with Crippen LogP contribution in [-0.4, -0.2) is 139 Å². The first-order valence-corrected chi connectivity index (χ1v) is 17.8. The number of carboxylic acid groups (broad SMARTS) is 4. The number of aliphatic carboxylic acids is 4. The van der Waals surface area contributed by atoms with Gasteiger partial charge in [-0.05, 0) is 39.5 Å². The maximum absolute atomic E-state index is 14.3. The number of nitrogens with zero attached hydrogens (tertiary/aromatic N) is 2. The molecule has 18 nitrogen and oxygen atoms in total. The summed E-state index contributed by atoms with van der Waals surface area (Å²) in [4.78, 5) is 101. The second kappa shape index (κ2) is 22.1. The highest BCUT2D eigenvalue weighted by Gasteiger charge is 2.48. The van der Waals surface area contributed by atoms with E-state index >= 15 is 0 Å². The van der Waals surface area contributed by atoms with Crippen molar-refractivity contribution in [2.24, 2.45) is 11.5 Å². The average Bonchev–Trinajstić information content (AvgIpc) is 3.03. The standard InChI is InChI=1S/C28H48N6O12S2/c1-5-19(26(44)45)33(7-3)27(46)28(6-2,34(8-4)21(36)12-10-17(30)25(42)43)15-48-47-14-18(23(39)31-13-22(37)38)32-20(35)11-9-16(29)24(40)41/h16-19H,5-15,29-30H2,1-4H3,(H,31,39)(H,32,35)(H,37,38)(H,40,41)(H,42,43)(H,44,45)/t16-,17-,18-,19?,28-/m0/s1. The summed E-state index contributed by atoms with van der Waals surface area (Å²) in [6, 6.07) is -5.13. The van der Waals surface area contributed by atoms with Crippen molar-refractivity contribution in [1.29, 1.82) is 0 Å². The van der Waals surface area contributed by atoms with Crippen molar-refractivity contribution < 1.29 is 58.8 Å². The molecule has 0 radical (unpaired) electrons. The third kappa shape index (κ3) is 13.9. The van der Waals surface area contributed by atoms with E-state index in [-0.39, 0.29) is 63.1 Å². The largest absolute Gasteiger partial charge is 0.480 e. The number of carbonyl (C=O) groups excluding carboxylic acids is 4. The SMILES string of the molecule is CCC(C(=O)O)N(CC)C(=O)[C@](CC)(CSSC[C@H](NC(=O)CC[C@H](N)C(=O)O)C(=O)NCC(=O)O)N(CC)C(=O)CC[C@H](N)C(=O)O. The summed E-state index contributed by atoms with van der Waals surface area (Å²) >= 11 is 0. The molecule has 0 bridgehead atoms. The van der Waals surface area contributed by atoms with Crippen molar-refractivity contribution in [3.05, 3.63) is 0 Å². The van der Waals surface area contributed by atoms with Crippen LogP contribution in [0.15, 0.2) is 0 Å². The third-order valence-electron chi connectivity index (χ3n) is 7.43. The minimum atomic E-state index is -1.62. The minimum absolute atomic E-state index is 0.00211. The van der Waals surface area contributed by atoms with E-state index in [0.29, 0.717) is 0 Å². The van der Waals surface area contributed by atoms with Crippen LogP contribution in [-0.2, 0) is 38.4 Å². The van der Waals surface area contributed by atoms with Crippen LogP contribution < -0.4 is 22.1 Å². The molecule has 20 heteroatoms. The highest BCUT2D eigenvalue weighted by atomic mass is 33.1. The zero-order valence-corrected chi connectivity index (χ0v) is 29.1. The first-order valence-electron chi connectivity index (χ1n) is 15.3. The van der Waals surface area contributed by atoms with Crippen LogP contribution in [0.25, 0.3) is 0 Å². The summed E-state index contributed by atoms with van der Waals surface area (Å²) in [7, 11) is 2.05. The molecule has 0 fully saturated rings. The molecule has 274 valence electrons. The van der Waals surface area contributed by atoms with Crippen molar-refractivity contribution in [2.75, 3.05) is 31.1 Å². The molecule has 0 aromatic carbocycles. The lowest BCUT2D eigenvalue weighted by Gasteiger charge is -2.45. The summed E-state index contributed by atoms with van der Waals surface area (Å²) in [5.41, 5.74) is 9.41. The summed E-state index contributed by atoms with van der Waals surface area (Å²) in [5.74, 6) is -8.26. The van der Waals surface area contributed by atoms with E-state index in [1.54, 1.807) is 27.7 Å². The number of nitrogens with one attached hydrogen (secondary N) is 2. The molecule has 0 aliphatic carbocycles. The highest BCUT2D eigenvalue weighted by molar-refractivity contribution is 8.76. The Morgan fingerprint density at radius 1 is 0.792 bits per heavy atom.